The molecule has 0 saturated heterocycles. The SMILES string of the molecule is COCC#Cc1ccc(Nc2cc(=O)n(C)c3c2c(=O)n(C2CC2)c(=O)n3-c2ccccc2)c(F)c1. The van der Waals surface area contributed by atoms with Gasteiger partial charge in [-0.1, -0.05) is 30.0 Å². The number of nitrogens with one attached hydrogen (secondary N) is 1. The summed E-state index contributed by atoms with van der Waals surface area (Å²) in [5, 5.41) is 3.03. The van der Waals surface area contributed by atoms with Crippen LogP contribution in [-0.4, -0.2) is 27.4 Å². The van der Waals surface area contributed by atoms with Crippen molar-refractivity contribution in [3.63, 3.8) is 0 Å². The maximum absolute atomic E-state index is 15.0. The lowest BCUT2D eigenvalue weighted by Gasteiger charge is -2.19. The van der Waals surface area contributed by atoms with Crippen molar-refractivity contribution >= 4 is 22.4 Å². The van der Waals surface area contributed by atoms with E-state index in [1.165, 1.54) is 46.1 Å². The fourth-order valence-corrected chi connectivity index (χ4v) is 4.18. The van der Waals surface area contributed by atoms with Gasteiger partial charge < -0.3 is 10.1 Å². The van der Waals surface area contributed by atoms with Gasteiger partial charge in [-0.05, 0) is 43.2 Å². The van der Waals surface area contributed by atoms with Crippen molar-refractivity contribution in [3.8, 4) is 17.5 Å². The van der Waals surface area contributed by atoms with Crippen molar-refractivity contribution in [2.24, 2.45) is 7.05 Å². The van der Waals surface area contributed by atoms with Crippen LogP contribution in [0.4, 0.5) is 15.8 Å². The highest BCUT2D eigenvalue weighted by Gasteiger charge is 2.31. The molecule has 0 amide bonds. The molecule has 1 aliphatic carbocycles. The summed E-state index contributed by atoms with van der Waals surface area (Å²) >= 11 is 0. The Hall–Kier alpha value is -4.42. The average molecular weight is 487 g/mol. The minimum Gasteiger partial charge on any atom is -0.372 e. The maximum Gasteiger partial charge on any atom is 0.337 e. The summed E-state index contributed by atoms with van der Waals surface area (Å²) < 4.78 is 23.7. The summed E-state index contributed by atoms with van der Waals surface area (Å²) in [6.07, 6.45) is 1.42. The highest BCUT2D eigenvalue weighted by Crippen LogP contribution is 2.33. The first kappa shape index (κ1) is 23.3. The Balaban J connectivity index is 1.76. The van der Waals surface area contributed by atoms with E-state index in [4.69, 9.17) is 4.74 Å². The van der Waals surface area contributed by atoms with E-state index in [9.17, 15) is 18.8 Å². The van der Waals surface area contributed by atoms with Gasteiger partial charge in [0.2, 0.25) is 0 Å². The Labute approximate surface area is 205 Å². The summed E-state index contributed by atoms with van der Waals surface area (Å²) in [6.45, 7) is 0.220. The molecule has 2 heterocycles. The van der Waals surface area contributed by atoms with Crippen molar-refractivity contribution < 1.29 is 9.13 Å². The number of methoxy groups -OCH3 is 1. The van der Waals surface area contributed by atoms with Crippen LogP contribution in [-0.2, 0) is 11.8 Å². The Morgan fingerprint density at radius 3 is 2.47 bits per heavy atom. The first-order chi connectivity index (χ1) is 17.4. The number of pyridine rings is 1. The lowest BCUT2D eigenvalue weighted by Crippen LogP contribution is -2.41. The summed E-state index contributed by atoms with van der Waals surface area (Å²) in [7, 11) is 3.02. The zero-order valence-corrected chi connectivity index (χ0v) is 19.7. The van der Waals surface area contributed by atoms with Crippen LogP contribution in [0.3, 0.4) is 0 Å². The Bertz CT molecular complexity index is 1720. The molecule has 5 rings (SSSR count). The van der Waals surface area contributed by atoms with E-state index in [1.807, 2.05) is 6.07 Å². The van der Waals surface area contributed by atoms with Gasteiger partial charge in [0.15, 0.2) is 0 Å². The molecule has 8 nitrogen and oxygen atoms in total. The first-order valence-electron chi connectivity index (χ1n) is 11.4. The summed E-state index contributed by atoms with van der Waals surface area (Å²) in [6, 6.07) is 14.2. The smallest absolute Gasteiger partial charge is 0.337 e. The second kappa shape index (κ2) is 9.32. The van der Waals surface area contributed by atoms with E-state index in [2.05, 4.69) is 17.2 Å². The topological polar surface area (TPSA) is 87.3 Å². The maximum atomic E-state index is 15.0. The number of para-hydroxylation sites is 1. The molecule has 0 radical (unpaired) electrons. The monoisotopic (exact) mass is 486 g/mol. The van der Waals surface area contributed by atoms with E-state index in [1.54, 1.807) is 30.3 Å². The van der Waals surface area contributed by atoms with Gasteiger partial charge in [-0.2, -0.15) is 0 Å². The third-order valence-electron chi connectivity index (χ3n) is 6.06. The number of halogens is 1. The van der Waals surface area contributed by atoms with Crippen LogP contribution >= 0.6 is 0 Å². The number of benzene rings is 2. The summed E-state index contributed by atoms with van der Waals surface area (Å²) in [5.74, 6) is 4.96. The van der Waals surface area contributed by atoms with E-state index in [0.29, 0.717) is 24.1 Å². The molecule has 0 spiro atoms. The molecule has 182 valence electrons. The first-order valence-corrected chi connectivity index (χ1v) is 11.4. The molecule has 4 aromatic rings. The van der Waals surface area contributed by atoms with Gasteiger partial charge in [0.25, 0.3) is 11.1 Å². The van der Waals surface area contributed by atoms with Crippen molar-refractivity contribution in [1.29, 1.82) is 0 Å². The second-order valence-electron chi connectivity index (χ2n) is 8.57. The lowest BCUT2D eigenvalue weighted by atomic mass is 10.1. The van der Waals surface area contributed by atoms with Gasteiger partial charge in [0.05, 0.1) is 17.1 Å². The Morgan fingerprint density at radius 2 is 1.81 bits per heavy atom. The van der Waals surface area contributed by atoms with Crippen molar-refractivity contribution in [2.75, 3.05) is 19.0 Å². The molecular formula is C27H23FN4O4. The highest BCUT2D eigenvalue weighted by atomic mass is 19.1. The standard InChI is InChI=1S/C27H23FN4O4/c1-30-23(33)16-22(29-21-13-10-17(15-20(21)28)7-6-14-36-2)24-25(30)31(18-8-4-3-5-9-18)27(35)32(26(24)34)19-11-12-19/h3-5,8-10,13,15-16,19,29H,11-12,14H2,1-2H3. The number of nitrogens with zero attached hydrogens (tertiary/aromatic N) is 3. The number of fused-ring (bicyclic) bond motifs is 1. The van der Waals surface area contributed by atoms with Crippen LogP contribution in [0.2, 0.25) is 0 Å². The van der Waals surface area contributed by atoms with Crippen LogP contribution in [0.25, 0.3) is 16.7 Å². The number of rotatable bonds is 5. The molecular weight excluding hydrogens is 463 g/mol. The number of aromatic nitrogens is 3. The average Bonchev–Trinajstić information content (AvgIpc) is 3.69. The molecule has 0 unspecified atom stereocenters. The summed E-state index contributed by atoms with van der Waals surface area (Å²) in [4.78, 5) is 40.1. The van der Waals surface area contributed by atoms with E-state index >= 15 is 0 Å². The Morgan fingerprint density at radius 1 is 1.06 bits per heavy atom. The van der Waals surface area contributed by atoms with E-state index in [0.717, 1.165) is 0 Å². The molecule has 36 heavy (non-hydrogen) atoms. The van der Waals surface area contributed by atoms with E-state index in [-0.39, 0.29) is 35.1 Å². The minimum atomic E-state index is -0.605. The predicted octanol–water partition coefficient (Wildman–Crippen LogP) is 3.07. The zero-order chi connectivity index (χ0) is 25.4. The number of hydrogen-bond acceptors (Lipinski definition) is 5. The number of aryl methyl sites for hydroxylation is 1. The third kappa shape index (κ3) is 4.12. The molecule has 9 heteroatoms. The molecule has 1 saturated carbocycles. The fraction of sp³-hybridized carbons (Fsp3) is 0.222. The normalized spacial score (nSPS) is 12.9. The molecule has 2 aromatic carbocycles. The molecule has 1 fully saturated rings. The highest BCUT2D eigenvalue weighted by molar-refractivity contribution is 5.91. The quantitative estimate of drug-likeness (QED) is 0.438. The van der Waals surface area contributed by atoms with Crippen molar-refractivity contribution in [3.05, 3.63) is 97.2 Å². The van der Waals surface area contributed by atoms with Crippen LogP contribution in [0.15, 0.2) is 69.0 Å². The zero-order valence-electron chi connectivity index (χ0n) is 19.7. The van der Waals surface area contributed by atoms with Crippen LogP contribution in [0.1, 0.15) is 24.4 Å². The fourth-order valence-electron chi connectivity index (χ4n) is 4.18. The molecule has 0 aliphatic heterocycles. The molecule has 1 N–H and O–H groups in total. The van der Waals surface area contributed by atoms with Gasteiger partial charge >= 0.3 is 5.69 Å². The predicted molar refractivity (Wildman–Crippen MR) is 136 cm³/mol. The van der Waals surface area contributed by atoms with Gasteiger partial charge in [-0.25, -0.2) is 13.8 Å². The Kier molecular flexibility index (Phi) is 6.04. The molecule has 0 bridgehead atoms. The lowest BCUT2D eigenvalue weighted by molar-refractivity contribution is 0.240. The van der Waals surface area contributed by atoms with Crippen molar-refractivity contribution in [1.82, 2.24) is 13.7 Å². The minimum absolute atomic E-state index is 0.0664. The van der Waals surface area contributed by atoms with Gasteiger partial charge in [0.1, 0.15) is 23.5 Å². The van der Waals surface area contributed by atoms with Crippen LogP contribution in [0.5, 0.6) is 0 Å². The van der Waals surface area contributed by atoms with Crippen molar-refractivity contribution in [2.45, 2.75) is 18.9 Å². The van der Waals surface area contributed by atoms with Gasteiger partial charge in [0, 0.05) is 31.8 Å². The van der Waals surface area contributed by atoms with Gasteiger partial charge in [-0.3, -0.25) is 18.7 Å². The molecule has 0 atom stereocenters. The second-order valence-corrected chi connectivity index (χ2v) is 8.57. The largest absolute Gasteiger partial charge is 0.372 e. The molecule has 2 aromatic heterocycles. The third-order valence-corrected chi connectivity index (χ3v) is 6.06. The van der Waals surface area contributed by atoms with E-state index < -0.39 is 22.6 Å². The van der Waals surface area contributed by atoms with Gasteiger partial charge in [-0.15, -0.1) is 0 Å². The van der Waals surface area contributed by atoms with Crippen LogP contribution in [0, 0.1) is 17.7 Å². The molecule has 1 aliphatic rings. The number of hydrogen-bond donors (Lipinski definition) is 1. The number of ether oxygens (including phenoxy) is 1. The summed E-state index contributed by atoms with van der Waals surface area (Å²) in [5.41, 5.74) is -0.211. The van der Waals surface area contributed by atoms with Crippen LogP contribution < -0.4 is 22.1 Å². The number of anilines is 2.